The van der Waals surface area contributed by atoms with Gasteiger partial charge >= 0.3 is 0 Å². The van der Waals surface area contributed by atoms with Crippen LogP contribution >= 0.6 is 0 Å². The maximum absolute atomic E-state index is 13.1. The lowest BCUT2D eigenvalue weighted by Gasteiger charge is -1.99. The van der Waals surface area contributed by atoms with Crippen LogP contribution in [0.3, 0.4) is 0 Å². The summed E-state index contributed by atoms with van der Waals surface area (Å²) in [5.41, 5.74) is 8.67. The summed E-state index contributed by atoms with van der Waals surface area (Å²) in [7, 11) is 0. The van der Waals surface area contributed by atoms with Gasteiger partial charge in [-0.2, -0.15) is 0 Å². The summed E-state index contributed by atoms with van der Waals surface area (Å²) in [5.74, 6) is 0.186. The summed E-state index contributed by atoms with van der Waals surface area (Å²) in [6.07, 6.45) is 0.846. The number of halogens is 1. The van der Waals surface area contributed by atoms with E-state index < -0.39 is 0 Å². The number of hydrogen-bond acceptors (Lipinski definition) is 3. The van der Waals surface area contributed by atoms with Crippen molar-refractivity contribution in [1.29, 1.82) is 0 Å². The molecule has 96 valence electrons. The average molecular weight is 256 g/mol. The highest BCUT2D eigenvalue weighted by Gasteiger charge is 2.08. The maximum Gasteiger partial charge on any atom is 0.227 e. The second-order valence-electron chi connectivity index (χ2n) is 4.37. The van der Waals surface area contributed by atoms with E-state index in [1.54, 1.807) is 6.07 Å². The van der Waals surface area contributed by atoms with E-state index in [1.807, 2.05) is 24.3 Å². The number of nitrogens with zero attached hydrogens (tertiary/aromatic N) is 1. The van der Waals surface area contributed by atoms with E-state index in [9.17, 15) is 4.39 Å². The predicted molar refractivity (Wildman–Crippen MR) is 72.2 cm³/mol. The van der Waals surface area contributed by atoms with Crippen LogP contribution in [0.5, 0.6) is 0 Å². The zero-order valence-electron chi connectivity index (χ0n) is 10.3. The van der Waals surface area contributed by atoms with E-state index in [2.05, 4.69) is 4.98 Å². The number of fused-ring (bicyclic) bond motifs is 1. The molecule has 0 aliphatic rings. The Morgan fingerprint density at radius 1 is 1.11 bits per heavy atom. The molecule has 3 rings (SSSR count). The molecule has 4 heteroatoms. The summed E-state index contributed by atoms with van der Waals surface area (Å²) in [5, 5.41) is 0. The van der Waals surface area contributed by atoms with Gasteiger partial charge in [-0.1, -0.05) is 12.1 Å². The monoisotopic (exact) mass is 256 g/mol. The Hall–Kier alpha value is -2.20. The average Bonchev–Trinajstić information content (AvgIpc) is 2.83. The largest absolute Gasteiger partial charge is 0.436 e. The molecule has 0 bridgehead atoms. The van der Waals surface area contributed by atoms with Crippen LogP contribution in [0.1, 0.15) is 5.56 Å². The van der Waals surface area contributed by atoms with Crippen molar-refractivity contribution in [1.82, 2.24) is 4.98 Å². The second kappa shape index (κ2) is 4.82. The van der Waals surface area contributed by atoms with E-state index in [4.69, 9.17) is 10.2 Å². The van der Waals surface area contributed by atoms with Crippen LogP contribution in [0.25, 0.3) is 22.6 Å². The topological polar surface area (TPSA) is 52.0 Å². The van der Waals surface area contributed by atoms with Gasteiger partial charge in [0.25, 0.3) is 0 Å². The molecule has 0 amide bonds. The first kappa shape index (κ1) is 11.9. The van der Waals surface area contributed by atoms with Crippen LogP contribution in [0.4, 0.5) is 4.39 Å². The number of oxazole rings is 1. The number of benzene rings is 2. The Labute approximate surface area is 109 Å². The summed E-state index contributed by atoms with van der Waals surface area (Å²) in [6, 6.07) is 12.2. The molecule has 1 aromatic heterocycles. The van der Waals surface area contributed by atoms with E-state index >= 15 is 0 Å². The minimum absolute atomic E-state index is 0.314. The molecule has 2 aromatic carbocycles. The zero-order valence-corrected chi connectivity index (χ0v) is 10.3. The third-order valence-electron chi connectivity index (χ3n) is 2.98. The predicted octanol–water partition coefficient (Wildman–Crippen LogP) is 3.14. The third kappa shape index (κ3) is 2.35. The summed E-state index contributed by atoms with van der Waals surface area (Å²) in [6.45, 7) is 0.626. The Kier molecular flexibility index (Phi) is 3.01. The highest BCUT2D eigenvalue weighted by Crippen LogP contribution is 2.24. The lowest BCUT2D eigenvalue weighted by molar-refractivity contribution is 0.614. The van der Waals surface area contributed by atoms with Gasteiger partial charge in [0.1, 0.15) is 11.3 Å². The van der Waals surface area contributed by atoms with Crippen molar-refractivity contribution in [2.24, 2.45) is 5.73 Å². The molecule has 0 radical (unpaired) electrons. The van der Waals surface area contributed by atoms with Gasteiger partial charge in [0, 0.05) is 11.6 Å². The van der Waals surface area contributed by atoms with Crippen LogP contribution in [-0.4, -0.2) is 11.5 Å². The van der Waals surface area contributed by atoms with Gasteiger partial charge in [0.15, 0.2) is 5.58 Å². The second-order valence-corrected chi connectivity index (χ2v) is 4.37. The standard InChI is InChI=1S/C15H13FN2O/c16-12-5-6-14-13(9-12)18-15(19-14)11-3-1-10(2-4-11)7-8-17/h1-6,9H,7-8,17H2. The molecule has 3 aromatic rings. The number of hydrogen-bond donors (Lipinski definition) is 1. The Morgan fingerprint density at radius 3 is 2.63 bits per heavy atom. The molecule has 0 atom stereocenters. The molecular weight excluding hydrogens is 243 g/mol. The van der Waals surface area contributed by atoms with Gasteiger partial charge in [-0.25, -0.2) is 9.37 Å². The Bertz CT molecular complexity index is 704. The molecule has 1 heterocycles. The lowest BCUT2D eigenvalue weighted by Crippen LogP contribution is -2.02. The molecule has 2 N–H and O–H groups in total. The van der Waals surface area contributed by atoms with E-state index in [0.717, 1.165) is 12.0 Å². The van der Waals surface area contributed by atoms with Crippen molar-refractivity contribution in [3.8, 4) is 11.5 Å². The first-order valence-electron chi connectivity index (χ1n) is 6.12. The molecule has 0 aliphatic heterocycles. The summed E-state index contributed by atoms with van der Waals surface area (Å²) in [4.78, 5) is 4.29. The van der Waals surface area contributed by atoms with E-state index in [1.165, 1.54) is 17.7 Å². The fraction of sp³-hybridized carbons (Fsp3) is 0.133. The minimum atomic E-state index is -0.314. The smallest absolute Gasteiger partial charge is 0.227 e. The number of nitrogens with two attached hydrogens (primary N) is 1. The molecule has 0 unspecified atom stereocenters. The molecule has 0 saturated heterocycles. The fourth-order valence-corrected chi connectivity index (χ4v) is 2.00. The molecule has 0 spiro atoms. The molecule has 0 saturated carbocycles. The van der Waals surface area contributed by atoms with Gasteiger partial charge < -0.3 is 10.2 Å². The van der Waals surface area contributed by atoms with E-state index in [0.29, 0.717) is 23.5 Å². The van der Waals surface area contributed by atoms with E-state index in [-0.39, 0.29) is 5.82 Å². The molecule has 3 nitrogen and oxygen atoms in total. The highest BCUT2D eigenvalue weighted by molar-refractivity contribution is 5.76. The van der Waals surface area contributed by atoms with Gasteiger partial charge in [-0.15, -0.1) is 0 Å². The van der Waals surface area contributed by atoms with Crippen molar-refractivity contribution in [3.63, 3.8) is 0 Å². The van der Waals surface area contributed by atoms with Crippen LogP contribution < -0.4 is 5.73 Å². The quantitative estimate of drug-likeness (QED) is 0.783. The van der Waals surface area contributed by atoms with Crippen molar-refractivity contribution >= 4 is 11.1 Å². The van der Waals surface area contributed by atoms with Gasteiger partial charge in [-0.3, -0.25) is 0 Å². The van der Waals surface area contributed by atoms with Crippen LogP contribution in [0, 0.1) is 5.82 Å². The Balaban J connectivity index is 1.99. The minimum Gasteiger partial charge on any atom is -0.436 e. The van der Waals surface area contributed by atoms with Gasteiger partial charge in [-0.05, 0) is 42.8 Å². The molecular formula is C15H13FN2O. The number of rotatable bonds is 3. The van der Waals surface area contributed by atoms with Crippen molar-refractivity contribution < 1.29 is 8.81 Å². The maximum atomic E-state index is 13.1. The van der Waals surface area contributed by atoms with Gasteiger partial charge in [0.05, 0.1) is 0 Å². The first-order chi connectivity index (χ1) is 9.26. The highest BCUT2D eigenvalue weighted by atomic mass is 19.1. The lowest BCUT2D eigenvalue weighted by atomic mass is 10.1. The van der Waals surface area contributed by atoms with Crippen LogP contribution in [0.15, 0.2) is 46.9 Å². The van der Waals surface area contributed by atoms with Crippen LogP contribution in [0.2, 0.25) is 0 Å². The molecule has 0 aliphatic carbocycles. The van der Waals surface area contributed by atoms with Crippen molar-refractivity contribution in [2.45, 2.75) is 6.42 Å². The van der Waals surface area contributed by atoms with Crippen molar-refractivity contribution in [2.75, 3.05) is 6.54 Å². The van der Waals surface area contributed by atoms with Crippen LogP contribution in [-0.2, 0) is 6.42 Å². The van der Waals surface area contributed by atoms with Gasteiger partial charge in [0.2, 0.25) is 5.89 Å². The molecule has 19 heavy (non-hydrogen) atoms. The normalized spacial score (nSPS) is 11.1. The number of aromatic nitrogens is 1. The molecule has 0 fully saturated rings. The SMILES string of the molecule is NCCc1ccc(-c2nc3cc(F)ccc3o2)cc1. The fourth-order valence-electron chi connectivity index (χ4n) is 2.00. The van der Waals surface area contributed by atoms with Crippen molar-refractivity contribution in [3.05, 3.63) is 53.8 Å². The summed E-state index contributed by atoms with van der Waals surface area (Å²) < 4.78 is 18.7. The summed E-state index contributed by atoms with van der Waals surface area (Å²) >= 11 is 0. The Morgan fingerprint density at radius 2 is 1.89 bits per heavy atom. The first-order valence-corrected chi connectivity index (χ1v) is 6.12. The zero-order chi connectivity index (χ0) is 13.2. The third-order valence-corrected chi connectivity index (χ3v) is 2.98.